The maximum absolute atomic E-state index is 13.2. The van der Waals surface area contributed by atoms with Gasteiger partial charge in [-0.05, 0) is 23.6 Å². The minimum atomic E-state index is -0.417. The summed E-state index contributed by atoms with van der Waals surface area (Å²) < 4.78 is 5.81. The first kappa shape index (κ1) is 18.0. The Labute approximate surface area is 170 Å². The Morgan fingerprint density at radius 3 is 2.34 bits per heavy atom. The highest BCUT2D eigenvalue weighted by Gasteiger charge is 2.62. The molecule has 0 N–H and O–H groups in total. The van der Waals surface area contributed by atoms with E-state index in [0.29, 0.717) is 5.75 Å². The number of nitrogens with zero attached hydrogens (tertiary/aromatic N) is 2. The number of ether oxygens (including phenoxy) is 1. The number of benzene rings is 2. The van der Waals surface area contributed by atoms with Gasteiger partial charge in [0.15, 0.2) is 0 Å². The highest BCUT2D eigenvalue weighted by molar-refractivity contribution is 6.06. The Morgan fingerprint density at radius 2 is 1.62 bits per heavy atom. The van der Waals surface area contributed by atoms with Gasteiger partial charge in [0, 0.05) is 25.2 Å². The van der Waals surface area contributed by atoms with Gasteiger partial charge in [0.25, 0.3) is 0 Å². The van der Waals surface area contributed by atoms with Crippen LogP contribution in [0.4, 0.5) is 0 Å². The number of carbonyl (C=O) groups is 2. The van der Waals surface area contributed by atoms with E-state index in [1.54, 1.807) is 7.05 Å². The second kappa shape index (κ2) is 6.75. The minimum absolute atomic E-state index is 0.0868. The maximum Gasteiger partial charge on any atom is 0.234 e. The zero-order chi connectivity index (χ0) is 20.1. The molecule has 5 rings (SSSR count). The summed E-state index contributed by atoms with van der Waals surface area (Å²) in [6.07, 6.45) is 6.29. The summed E-state index contributed by atoms with van der Waals surface area (Å²) in [4.78, 5) is 29.9. The first-order valence-corrected chi connectivity index (χ1v) is 9.93. The lowest BCUT2D eigenvalue weighted by Crippen LogP contribution is -2.40. The highest BCUT2D eigenvalue weighted by atomic mass is 16.5. The van der Waals surface area contributed by atoms with Crippen molar-refractivity contribution in [3.63, 3.8) is 0 Å². The van der Waals surface area contributed by atoms with Gasteiger partial charge in [0.2, 0.25) is 11.8 Å². The largest absolute Gasteiger partial charge is 0.481 e. The van der Waals surface area contributed by atoms with E-state index in [0.717, 1.165) is 24.1 Å². The first-order chi connectivity index (χ1) is 14.1. The topological polar surface area (TPSA) is 49.9 Å². The van der Waals surface area contributed by atoms with Crippen molar-refractivity contribution in [1.82, 2.24) is 9.80 Å². The lowest BCUT2D eigenvalue weighted by atomic mass is 9.83. The molecule has 0 aliphatic carbocycles. The Kier molecular flexibility index (Phi) is 4.18. The van der Waals surface area contributed by atoms with Crippen molar-refractivity contribution >= 4 is 11.8 Å². The summed E-state index contributed by atoms with van der Waals surface area (Å²) in [6, 6.07) is 15.7. The molecule has 3 aliphatic heterocycles. The third-order valence-electron chi connectivity index (χ3n) is 6.58. The number of terminal acetylenes is 1. The van der Waals surface area contributed by atoms with Crippen LogP contribution in [0, 0.1) is 24.2 Å². The van der Waals surface area contributed by atoms with Crippen LogP contribution in [0.25, 0.3) is 0 Å². The van der Waals surface area contributed by atoms with Crippen LogP contribution >= 0.6 is 0 Å². The molecule has 5 heteroatoms. The number of rotatable bonds is 3. The molecular formula is C24H22N2O3. The van der Waals surface area contributed by atoms with Gasteiger partial charge in [0.1, 0.15) is 12.4 Å². The molecule has 0 bridgehead atoms. The summed E-state index contributed by atoms with van der Waals surface area (Å²) >= 11 is 0. The van der Waals surface area contributed by atoms with E-state index in [1.807, 2.05) is 36.4 Å². The predicted molar refractivity (Wildman–Crippen MR) is 108 cm³/mol. The maximum atomic E-state index is 13.2. The fourth-order valence-electron chi connectivity index (χ4n) is 5.41. The molecule has 4 atom stereocenters. The molecule has 2 aromatic rings. The molecule has 2 fully saturated rings. The quantitative estimate of drug-likeness (QED) is 0.601. The molecule has 5 nitrogen and oxygen atoms in total. The van der Waals surface area contributed by atoms with Crippen molar-refractivity contribution in [1.29, 1.82) is 0 Å². The van der Waals surface area contributed by atoms with E-state index >= 15 is 0 Å². The SMILES string of the molecule is C#CCOc1ccccc1[C@H]1[C@H]2C(=O)N(C)C(=O)[C@H]2[C@@H]2c3ccccc3CCN21. The minimum Gasteiger partial charge on any atom is -0.481 e. The van der Waals surface area contributed by atoms with Gasteiger partial charge in [-0.25, -0.2) is 0 Å². The second-order valence-corrected chi connectivity index (χ2v) is 7.89. The molecule has 0 radical (unpaired) electrons. The van der Waals surface area contributed by atoms with Crippen LogP contribution in [0.2, 0.25) is 0 Å². The van der Waals surface area contributed by atoms with Crippen LogP contribution in [0.3, 0.4) is 0 Å². The smallest absolute Gasteiger partial charge is 0.234 e. The number of imide groups is 1. The molecule has 3 heterocycles. The van der Waals surface area contributed by atoms with Crippen molar-refractivity contribution in [2.45, 2.75) is 18.5 Å². The van der Waals surface area contributed by atoms with E-state index in [4.69, 9.17) is 11.2 Å². The van der Waals surface area contributed by atoms with Gasteiger partial charge in [-0.2, -0.15) is 0 Å². The fraction of sp³-hybridized carbons (Fsp3) is 0.333. The second-order valence-electron chi connectivity index (χ2n) is 7.89. The third-order valence-corrected chi connectivity index (χ3v) is 6.58. The van der Waals surface area contributed by atoms with E-state index in [9.17, 15) is 9.59 Å². The Hall–Kier alpha value is -3.10. The van der Waals surface area contributed by atoms with Crippen LogP contribution in [-0.2, 0) is 16.0 Å². The van der Waals surface area contributed by atoms with E-state index in [2.05, 4.69) is 23.0 Å². The molecule has 0 spiro atoms. The van der Waals surface area contributed by atoms with Crippen LogP contribution in [0.1, 0.15) is 28.8 Å². The molecule has 2 amide bonds. The van der Waals surface area contributed by atoms with Crippen molar-refractivity contribution in [2.75, 3.05) is 20.2 Å². The molecule has 0 saturated carbocycles. The van der Waals surface area contributed by atoms with Crippen molar-refractivity contribution < 1.29 is 14.3 Å². The summed E-state index contributed by atoms with van der Waals surface area (Å²) in [6.45, 7) is 0.962. The standard InChI is InChI=1S/C24H22N2O3/c1-3-14-29-18-11-7-6-10-17(18)22-20-19(23(27)25(2)24(20)28)21-16-9-5-4-8-15(16)12-13-26(21)22/h1,4-11,19-22H,12-14H2,2H3/t19-,20+,21+,22+/m1/s1. The number of hydrogen-bond donors (Lipinski definition) is 0. The normalized spacial score (nSPS) is 27.9. The van der Waals surface area contributed by atoms with Gasteiger partial charge in [-0.1, -0.05) is 48.4 Å². The number of amides is 2. The van der Waals surface area contributed by atoms with Crippen LogP contribution in [-0.4, -0.2) is 41.8 Å². The Balaban J connectivity index is 1.67. The number of likely N-dealkylation sites (tertiary alicyclic amines) is 1. The molecule has 3 aliphatic rings. The molecule has 0 unspecified atom stereocenters. The van der Waals surface area contributed by atoms with E-state index in [1.165, 1.54) is 10.5 Å². The zero-order valence-electron chi connectivity index (χ0n) is 16.2. The van der Waals surface area contributed by atoms with Crippen molar-refractivity contribution in [3.8, 4) is 18.1 Å². The molecule has 2 saturated heterocycles. The molecule has 2 aromatic carbocycles. The summed E-state index contributed by atoms with van der Waals surface area (Å²) in [7, 11) is 1.60. The summed E-state index contributed by atoms with van der Waals surface area (Å²) in [5.41, 5.74) is 3.35. The van der Waals surface area contributed by atoms with Crippen molar-refractivity contribution in [3.05, 3.63) is 65.2 Å². The third kappa shape index (κ3) is 2.53. The van der Waals surface area contributed by atoms with Gasteiger partial charge in [-0.15, -0.1) is 6.42 Å². The van der Waals surface area contributed by atoms with Crippen LogP contribution in [0.15, 0.2) is 48.5 Å². The van der Waals surface area contributed by atoms with E-state index < -0.39 is 5.92 Å². The fourth-order valence-corrected chi connectivity index (χ4v) is 5.41. The average Bonchev–Trinajstić information content (AvgIpc) is 3.21. The van der Waals surface area contributed by atoms with Gasteiger partial charge in [0.05, 0.1) is 17.9 Å². The zero-order valence-corrected chi connectivity index (χ0v) is 16.2. The lowest BCUT2D eigenvalue weighted by molar-refractivity contribution is -0.140. The molecule has 0 aromatic heterocycles. The molecular weight excluding hydrogens is 364 g/mol. The number of para-hydroxylation sites is 1. The summed E-state index contributed by atoms with van der Waals surface area (Å²) in [5, 5.41) is 0. The summed E-state index contributed by atoms with van der Waals surface area (Å²) in [5.74, 6) is 2.20. The monoisotopic (exact) mass is 386 g/mol. The lowest BCUT2D eigenvalue weighted by Gasteiger charge is -2.38. The Morgan fingerprint density at radius 1 is 1.00 bits per heavy atom. The first-order valence-electron chi connectivity index (χ1n) is 9.93. The number of fused-ring (bicyclic) bond motifs is 5. The Bertz CT molecular complexity index is 1040. The number of hydrogen-bond acceptors (Lipinski definition) is 4. The average molecular weight is 386 g/mol. The van der Waals surface area contributed by atoms with Crippen LogP contribution < -0.4 is 4.74 Å². The van der Waals surface area contributed by atoms with Gasteiger partial charge < -0.3 is 4.74 Å². The predicted octanol–water partition coefficient (Wildman–Crippen LogP) is 2.58. The molecule has 29 heavy (non-hydrogen) atoms. The van der Waals surface area contributed by atoms with Crippen molar-refractivity contribution in [2.24, 2.45) is 11.8 Å². The van der Waals surface area contributed by atoms with E-state index in [-0.39, 0.29) is 36.4 Å². The highest BCUT2D eigenvalue weighted by Crippen LogP contribution is 2.58. The number of carbonyl (C=O) groups excluding carboxylic acids is 2. The van der Waals surface area contributed by atoms with Gasteiger partial charge in [-0.3, -0.25) is 19.4 Å². The molecule has 146 valence electrons. The van der Waals surface area contributed by atoms with Gasteiger partial charge >= 0.3 is 0 Å². The van der Waals surface area contributed by atoms with Crippen LogP contribution in [0.5, 0.6) is 5.75 Å².